The van der Waals surface area contributed by atoms with E-state index in [1.807, 2.05) is 18.5 Å². The van der Waals surface area contributed by atoms with Crippen LogP contribution >= 0.6 is 35.3 Å². The third-order valence-corrected chi connectivity index (χ3v) is 6.84. The Morgan fingerprint density at radius 1 is 1.24 bits per heavy atom. The molecule has 2 heterocycles. The van der Waals surface area contributed by atoms with Crippen molar-refractivity contribution >= 4 is 41.3 Å². The number of rotatable bonds is 7. The lowest BCUT2D eigenvalue weighted by molar-refractivity contribution is 0.224. The third-order valence-electron chi connectivity index (χ3n) is 5.96. The summed E-state index contributed by atoms with van der Waals surface area (Å²) in [6, 6.07) is 4.23. The second-order valence-corrected chi connectivity index (χ2v) is 9.26. The van der Waals surface area contributed by atoms with Crippen molar-refractivity contribution in [3.8, 4) is 0 Å². The monoisotopic (exact) mass is 530 g/mol. The van der Waals surface area contributed by atoms with Gasteiger partial charge in [0.25, 0.3) is 0 Å². The second kappa shape index (κ2) is 11.9. The van der Waals surface area contributed by atoms with Gasteiger partial charge in [-0.1, -0.05) is 19.9 Å². The maximum atomic E-state index is 4.77. The number of nitrogens with one attached hydrogen (secondary N) is 2. The summed E-state index contributed by atoms with van der Waals surface area (Å²) >= 11 is 1.76. The Morgan fingerprint density at radius 3 is 2.59 bits per heavy atom. The molecular weight excluding hydrogens is 495 g/mol. The molecule has 1 saturated carbocycles. The fourth-order valence-corrected chi connectivity index (χ4v) is 4.44. The standard InChI is InChI=1S/C21H34N6S.HI/c1-15(2)18-9-7-17(8-10-18)12-22-21(23-13-19-6-5-11-28-19)24-14-20-26-25-16(3)27(20)4;/h5-6,11,15,17-18H,7-10,12-14H2,1-4H3,(H2,22,23,24);1H. The van der Waals surface area contributed by atoms with Gasteiger partial charge in [-0.15, -0.1) is 45.5 Å². The van der Waals surface area contributed by atoms with Gasteiger partial charge < -0.3 is 15.2 Å². The highest BCUT2D eigenvalue weighted by Gasteiger charge is 2.23. The predicted octanol–water partition coefficient (Wildman–Crippen LogP) is 4.50. The first-order valence-electron chi connectivity index (χ1n) is 10.4. The van der Waals surface area contributed by atoms with Crippen molar-refractivity contribution in [2.45, 2.75) is 59.5 Å². The van der Waals surface area contributed by atoms with E-state index in [0.29, 0.717) is 6.54 Å². The zero-order chi connectivity index (χ0) is 19.9. The minimum atomic E-state index is 0. The Kier molecular flexibility index (Phi) is 9.88. The lowest BCUT2D eigenvalue weighted by atomic mass is 9.77. The first-order valence-corrected chi connectivity index (χ1v) is 11.3. The molecule has 2 aromatic heterocycles. The normalized spacial score (nSPS) is 19.8. The summed E-state index contributed by atoms with van der Waals surface area (Å²) in [5, 5.41) is 17.5. The number of aromatic nitrogens is 3. The van der Waals surface area contributed by atoms with Crippen LogP contribution in [0.2, 0.25) is 0 Å². The van der Waals surface area contributed by atoms with Crippen LogP contribution in [-0.2, 0) is 20.1 Å². The SMILES string of the molecule is Cc1nnc(CN=C(NCc2cccs2)NCC2CCC(C(C)C)CC2)n1C.I. The number of hydrogen-bond donors (Lipinski definition) is 2. The molecule has 1 fully saturated rings. The topological polar surface area (TPSA) is 67.1 Å². The third kappa shape index (κ3) is 7.24. The van der Waals surface area contributed by atoms with Crippen molar-refractivity contribution < 1.29 is 0 Å². The van der Waals surface area contributed by atoms with Gasteiger partial charge in [-0.05, 0) is 61.8 Å². The summed E-state index contributed by atoms with van der Waals surface area (Å²) in [5.41, 5.74) is 0. The number of aryl methyl sites for hydroxylation is 1. The Labute approximate surface area is 196 Å². The van der Waals surface area contributed by atoms with Crippen molar-refractivity contribution in [2.75, 3.05) is 6.54 Å². The molecule has 0 unspecified atom stereocenters. The zero-order valence-electron chi connectivity index (χ0n) is 18.0. The van der Waals surface area contributed by atoms with Gasteiger partial charge in [0.1, 0.15) is 12.4 Å². The van der Waals surface area contributed by atoms with Gasteiger partial charge in [-0.25, -0.2) is 4.99 Å². The maximum Gasteiger partial charge on any atom is 0.192 e. The number of guanidine groups is 1. The van der Waals surface area contributed by atoms with E-state index < -0.39 is 0 Å². The van der Waals surface area contributed by atoms with Crippen molar-refractivity contribution in [3.63, 3.8) is 0 Å². The van der Waals surface area contributed by atoms with Crippen molar-refractivity contribution in [1.82, 2.24) is 25.4 Å². The van der Waals surface area contributed by atoms with Crippen LogP contribution < -0.4 is 10.6 Å². The van der Waals surface area contributed by atoms with E-state index >= 15 is 0 Å². The van der Waals surface area contributed by atoms with Gasteiger partial charge in [0.15, 0.2) is 11.8 Å². The molecule has 8 heteroatoms. The Morgan fingerprint density at radius 2 is 2.00 bits per heavy atom. The lowest BCUT2D eigenvalue weighted by Gasteiger charge is -2.31. The van der Waals surface area contributed by atoms with E-state index in [2.05, 4.69) is 52.2 Å². The first-order chi connectivity index (χ1) is 13.5. The van der Waals surface area contributed by atoms with Gasteiger partial charge in [-0.3, -0.25) is 0 Å². The molecule has 0 amide bonds. The van der Waals surface area contributed by atoms with Crippen LogP contribution in [0.4, 0.5) is 0 Å². The summed E-state index contributed by atoms with van der Waals surface area (Å²) in [6.07, 6.45) is 5.35. The van der Waals surface area contributed by atoms with E-state index in [4.69, 9.17) is 4.99 Å². The second-order valence-electron chi connectivity index (χ2n) is 8.23. The molecule has 3 rings (SSSR count). The van der Waals surface area contributed by atoms with E-state index in [1.165, 1.54) is 30.6 Å². The Balaban J connectivity index is 0.00000300. The number of aliphatic imine (C=N–C) groups is 1. The number of thiophene rings is 1. The Bertz CT molecular complexity index is 747. The van der Waals surface area contributed by atoms with Crippen LogP contribution in [0, 0.1) is 24.7 Å². The average molecular weight is 531 g/mol. The fraction of sp³-hybridized carbons (Fsp3) is 0.667. The average Bonchev–Trinajstić information content (AvgIpc) is 3.32. The van der Waals surface area contributed by atoms with Gasteiger partial charge in [0.2, 0.25) is 0 Å². The van der Waals surface area contributed by atoms with Gasteiger partial charge in [0, 0.05) is 18.5 Å². The van der Waals surface area contributed by atoms with E-state index in [1.54, 1.807) is 11.3 Å². The fourth-order valence-electron chi connectivity index (χ4n) is 3.80. The minimum Gasteiger partial charge on any atom is -0.356 e. The Hall–Kier alpha value is -1.16. The van der Waals surface area contributed by atoms with Crippen LogP contribution in [0.15, 0.2) is 22.5 Å². The van der Waals surface area contributed by atoms with Crippen molar-refractivity contribution in [3.05, 3.63) is 34.0 Å². The smallest absolute Gasteiger partial charge is 0.192 e. The summed E-state index contributed by atoms with van der Waals surface area (Å²) in [6.45, 7) is 8.98. The molecule has 1 aliphatic carbocycles. The number of halogens is 1. The molecule has 0 aliphatic heterocycles. The molecule has 0 spiro atoms. The summed E-state index contributed by atoms with van der Waals surface area (Å²) in [5.74, 6) is 5.11. The summed E-state index contributed by atoms with van der Waals surface area (Å²) < 4.78 is 1.99. The quantitative estimate of drug-likeness (QED) is 0.314. The molecular formula is C21H35IN6S. The van der Waals surface area contributed by atoms with Gasteiger partial charge in [-0.2, -0.15) is 0 Å². The molecule has 6 nitrogen and oxygen atoms in total. The van der Waals surface area contributed by atoms with Crippen LogP contribution in [-0.4, -0.2) is 27.3 Å². The minimum absolute atomic E-state index is 0. The molecule has 1 aliphatic rings. The van der Waals surface area contributed by atoms with Crippen LogP contribution in [0.5, 0.6) is 0 Å². The molecule has 0 saturated heterocycles. The van der Waals surface area contributed by atoms with Crippen molar-refractivity contribution in [2.24, 2.45) is 29.8 Å². The van der Waals surface area contributed by atoms with E-state index in [9.17, 15) is 0 Å². The highest BCUT2D eigenvalue weighted by atomic mass is 127. The number of hydrogen-bond acceptors (Lipinski definition) is 4. The summed E-state index contributed by atoms with van der Waals surface area (Å²) in [7, 11) is 1.99. The van der Waals surface area contributed by atoms with Crippen LogP contribution in [0.25, 0.3) is 0 Å². The molecule has 0 radical (unpaired) electrons. The first kappa shape index (κ1) is 24.1. The summed E-state index contributed by atoms with van der Waals surface area (Å²) in [4.78, 5) is 6.08. The van der Waals surface area contributed by atoms with Gasteiger partial charge in [0.05, 0.1) is 6.54 Å². The maximum absolute atomic E-state index is 4.77. The molecule has 0 atom stereocenters. The van der Waals surface area contributed by atoms with Gasteiger partial charge >= 0.3 is 0 Å². The van der Waals surface area contributed by atoms with Crippen LogP contribution in [0.3, 0.4) is 0 Å². The van der Waals surface area contributed by atoms with Crippen molar-refractivity contribution in [1.29, 1.82) is 0 Å². The van der Waals surface area contributed by atoms with Crippen LogP contribution in [0.1, 0.15) is 56.1 Å². The molecule has 162 valence electrons. The molecule has 0 bridgehead atoms. The zero-order valence-corrected chi connectivity index (χ0v) is 21.2. The lowest BCUT2D eigenvalue weighted by Crippen LogP contribution is -2.40. The van der Waals surface area contributed by atoms with E-state index in [0.717, 1.165) is 48.5 Å². The molecule has 29 heavy (non-hydrogen) atoms. The molecule has 0 aromatic carbocycles. The molecule has 2 aromatic rings. The molecule has 2 N–H and O–H groups in total. The highest BCUT2D eigenvalue weighted by Crippen LogP contribution is 2.32. The predicted molar refractivity (Wildman–Crippen MR) is 132 cm³/mol. The van der Waals surface area contributed by atoms with E-state index in [-0.39, 0.29) is 24.0 Å². The largest absolute Gasteiger partial charge is 0.356 e. The number of nitrogens with zero attached hydrogens (tertiary/aromatic N) is 4. The highest BCUT2D eigenvalue weighted by molar-refractivity contribution is 14.0.